The van der Waals surface area contributed by atoms with E-state index >= 15 is 0 Å². The van der Waals surface area contributed by atoms with Gasteiger partial charge in [-0.05, 0) is 30.7 Å². The van der Waals surface area contributed by atoms with Gasteiger partial charge in [-0.3, -0.25) is 4.79 Å². The Labute approximate surface area is 89.6 Å². The van der Waals surface area contributed by atoms with Gasteiger partial charge < -0.3 is 9.73 Å². The van der Waals surface area contributed by atoms with Crippen molar-refractivity contribution in [1.82, 2.24) is 5.32 Å². The van der Waals surface area contributed by atoms with Crippen molar-refractivity contribution < 1.29 is 9.21 Å². The molecule has 1 atom stereocenters. The number of amides is 1. The summed E-state index contributed by atoms with van der Waals surface area (Å²) in [5.74, 6) is -0.0170. The number of rotatable bonds is 3. The van der Waals surface area contributed by atoms with Gasteiger partial charge in [-0.2, -0.15) is 0 Å². The number of halogens is 2. The Bertz CT molecular complexity index is 300. The second-order valence-corrected chi connectivity index (χ2v) is 3.65. The molecule has 1 unspecified atom stereocenters. The lowest BCUT2D eigenvalue weighted by Crippen LogP contribution is -2.33. The number of hydrogen-bond acceptors (Lipinski definition) is 2. The zero-order valence-corrected chi connectivity index (χ0v) is 9.35. The van der Waals surface area contributed by atoms with E-state index in [-0.39, 0.29) is 22.9 Å². The first-order valence-electron chi connectivity index (χ1n) is 3.75. The van der Waals surface area contributed by atoms with Crippen molar-refractivity contribution >= 4 is 33.4 Å². The van der Waals surface area contributed by atoms with Gasteiger partial charge in [-0.15, -0.1) is 0 Å². The first-order valence-corrected chi connectivity index (χ1v) is 5.25. The Morgan fingerprint density at radius 2 is 2.46 bits per heavy atom. The molecule has 1 rings (SSSR count). The Balaban J connectivity index is 2.58. The molecule has 0 spiro atoms. The molecule has 0 saturated carbocycles. The predicted molar refractivity (Wildman–Crippen MR) is 54.4 cm³/mol. The highest BCUT2D eigenvalue weighted by atomic mass is 79.9. The van der Waals surface area contributed by atoms with E-state index in [0.29, 0.717) is 5.33 Å². The highest BCUT2D eigenvalue weighted by Crippen LogP contribution is 2.12. The third kappa shape index (κ3) is 3.04. The van der Waals surface area contributed by atoms with E-state index < -0.39 is 0 Å². The van der Waals surface area contributed by atoms with Gasteiger partial charge in [0.1, 0.15) is 0 Å². The number of nitrogens with one attached hydrogen (secondary N) is 1. The zero-order chi connectivity index (χ0) is 9.84. The lowest BCUT2D eigenvalue weighted by molar-refractivity contribution is 0.0916. The Morgan fingerprint density at radius 1 is 1.77 bits per heavy atom. The molecule has 72 valence electrons. The molecule has 0 fully saturated rings. The lowest BCUT2D eigenvalue weighted by Gasteiger charge is -2.08. The van der Waals surface area contributed by atoms with Crippen LogP contribution >= 0.6 is 27.5 Å². The molecule has 3 nitrogen and oxygen atoms in total. The molecule has 1 amide bonds. The van der Waals surface area contributed by atoms with E-state index in [9.17, 15) is 4.79 Å². The fraction of sp³-hybridized carbons (Fsp3) is 0.375. The smallest absolute Gasteiger partial charge is 0.287 e. The number of furan rings is 1. The van der Waals surface area contributed by atoms with Crippen molar-refractivity contribution in [3.05, 3.63) is 23.1 Å². The molecule has 0 aliphatic carbocycles. The number of hydrogen-bond donors (Lipinski definition) is 1. The van der Waals surface area contributed by atoms with Crippen LogP contribution in [-0.4, -0.2) is 17.3 Å². The van der Waals surface area contributed by atoms with Crippen LogP contribution in [0.2, 0.25) is 5.22 Å². The van der Waals surface area contributed by atoms with Crippen molar-refractivity contribution in [2.45, 2.75) is 13.0 Å². The minimum atomic E-state index is -0.251. The first kappa shape index (κ1) is 10.6. The fourth-order valence-electron chi connectivity index (χ4n) is 0.770. The van der Waals surface area contributed by atoms with Crippen LogP contribution in [0.4, 0.5) is 0 Å². The zero-order valence-electron chi connectivity index (χ0n) is 7.01. The minimum Gasteiger partial charge on any atom is -0.440 e. The molecule has 1 aromatic rings. The van der Waals surface area contributed by atoms with Crippen LogP contribution in [0.1, 0.15) is 17.5 Å². The maximum absolute atomic E-state index is 11.3. The first-order chi connectivity index (χ1) is 6.13. The highest BCUT2D eigenvalue weighted by molar-refractivity contribution is 9.09. The maximum Gasteiger partial charge on any atom is 0.287 e. The van der Waals surface area contributed by atoms with Crippen molar-refractivity contribution in [2.24, 2.45) is 0 Å². The summed E-state index contributed by atoms with van der Waals surface area (Å²) in [6.07, 6.45) is 0. The van der Waals surface area contributed by atoms with Gasteiger partial charge in [-0.1, -0.05) is 15.9 Å². The second kappa shape index (κ2) is 4.67. The van der Waals surface area contributed by atoms with E-state index in [1.165, 1.54) is 6.07 Å². The van der Waals surface area contributed by atoms with E-state index in [2.05, 4.69) is 21.2 Å². The molecule has 1 heterocycles. The van der Waals surface area contributed by atoms with Gasteiger partial charge >= 0.3 is 0 Å². The van der Waals surface area contributed by atoms with Gasteiger partial charge in [0, 0.05) is 11.4 Å². The summed E-state index contributed by atoms with van der Waals surface area (Å²) in [5.41, 5.74) is 0. The van der Waals surface area contributed by atoms with Crippen molar-refractivity contribution in [1.29, 1.82) is 0 Å². The van der Waals surface area contributed by atoms with Gasteiger partial charge in [-0.25, -0.2) is 0 Å². The quantitative estimate of drug-likeness (QED) is 0.854. The van der Waals surface area contributed by atoms with Crippen LogP contribution in [0, 0.1) is 0 Å². The molecule has 0 bridgehead atoms. The standard InChI is InChI=1S/C8H9BrClNO2/c1-5(4-9)11-8(12)6-2-3-7(10)13-6/h2-3,5H,4H2,1H3,(H,11,12). The van der Waals surface area contributed by atoms with Crippen LogP contribution < -0.4 is 5.32 Å². The number of alkyl halides is 1. The second-order valence-electron chi connectivity index (χ2n) is 2.63. The minimum absolute atomic E-state index is 0.0661. The summed E-state index contributed by atoms with van der Waals surface area (Å²) < 4.78 is 4.93. The maximum atomic E-state index is 11.3. The number of carbonyl (C=O) groups is 1. The normalized spacial score (nSPS) is 12.5. The fourth-order valence-corrected chi connectivity index (χ4v) is 1.08. The number of carbonyl (C=O) groups excluding carboxylic acids is 1. The summed E-state index contributed by atoms with van der Waals surface area (Å²) in [4.78, 5) is 11.3. The largest absolute Gasteiger partial charge is 0.440 e. The topological polar surface area (TPSA) is 42.2 Å². The van der Waals surface area contributed by atoms with Crippen LogP contribution in [-0.2, 0) is 0 Å². The van der Waals surface area contributed by atoms with Gasteiger partial charge in [0.25, 0.3) is 5.91 Å². The molecule has 0 saturated heterocycles. The molecule has 0 aromatic carbocycles. The Morgan fingerprint density at radius 3 is 2.92 bits per heavy atom. The van der Waals surface area contributed by atoms with E-state index in [4.69, 9.17) is 16.0 Å². The van der Waals surface area contributed by atoms with Crippen LogP contribution in [0.5, 0.6) is 0 Å². The molecule has 1 aromatic heterocycles. The van der Waals surface area contributed by atoms with E-state index in [1.54, 1.807) is 6.07 Å². The molecular formula is C8H9BrClNO2. The summed E-state index contributed by atoms with van der Waals surface area (Å²) >= 11 is 8.77. The molecule has 0 aliphatic rings. The molecular weight excluding hydrogens is 257 g/mol. The summed E-state index contributed by atoms with van der Waals surface area (Å²) in [5, 5.41) is 3.64. The van der Waals surface area contributed by atoms with Crippen LogP contribution in [0.25, 0.3) is 0 Å². The monoisotopic (exact) mass is 265 g/mol. The van der Waals surface area contributed by atoms with Crippen molar-refractivity contribution in [3.8, 4) is 0 Å². The van der Waals surface area contributed by atoms with E-state index in [0.717, 1.165) is 0 Å². The highest BCUT2D eigenvalue weighted by Gasteiger charge is 2.12. The van der Waals surface area contributed by atoms with Crippen molar-refractivity contribution in [3.63, 3.8) is 0 Å². The lowest BCUT2D eigenvalue weighted by atomic mass is 10.3. The summed E-state index contributed by atoms with van der Waals surface area (Å²) in [7, 11) is 0. The summed E-state index contributed by atoms with van der Waals surface area (Å²) in [6.45, 7) is 1.89. The third-order valence-electron chi connectivity index (χ3n) is 1.41. The Hall–Kier alpha value is -0.480. The van der Waals surface area contributed by atoms with Crippen LogP contribution in [0.3, 0.4) is 0 Å². The van der Waals surface area contributed by atoms with Gasteiger partial charge in [0.05, 0.1) is 0 Å². The Kier molecular flexibility index (Phi) is 3.81. The summed E-state index contributed by atoms with van der Waals surface area (Å²) in [6, 6.07) is 3.14. The molecule has 0 radical (unpaired) electrons. The van der Waals surface area contributed by atoms with Crippen LogP contribution in [0.15, 0.2) is 16.5 Å². The third-order valence-corrected chi connectivity index (χ3v) is 2.58. The molecule has 5 heteroatoms. The molecule has 0 aliphatic heterocycles. The van der Waals surface area contributed by atoms with E-state index in [1.807, 2.05) is 6.92 Å². The SMILES string of the molecule is CC(CBr)NC(=O)c1ccc(Cl)o1. The van der Waals surface area contributed by atoms with Gasteiger partial charge in [0.15, 0.2) is 11.0 Å². The van der Waals surface area contributed by atoms with Gasteiger partial charge in [0.2, 0.25) is 0 Å². The molecule has 13 heavy (non-hydrogen) atoms. The molecule has 1 N–H and O–H groups in total. The van der Waals surface area contributed by atoms with Crippen molar-refractivity contribution in [2.75, 3.05) is 5.33 Å². The average molecular weight is 267 g/mol. The predicted octanol–water partition coefficient (Wildman–Crippen LogP) is 2.45. The average Bonchev–Trinajstić information content (AvgIpc) is 2.51.